The van der Waals surface area contributed by atoms with Crippen LogP contribution in [0.25, 0.3) is 16.8 Å². The minimum atomic E-state index is -0.650. The van der Waals surface area contributed by atoms with Crippen molar-refractivity contribution in [1.82, 2.24) is 4.98 Å². The maximum absolute atomic E-state index is 13.4. The number of nitrogens with zero attached hydrogens (tertiary/aromatic N) is 1. The molecule has 1 aliphatic carbocycles. The van der Waals surface area contributed by atoms with Crippen LogP contribution >= 0.6 is 0 Å². The molecule has 2 heterocycles. The Bertz CT molecular complexity index is 1190. The molecule has 0 spiro atoms. The first-order valence-corrected chi connectivity index (χ1v) is 12.7. The molecule has 1 aromatic heterocycles. The van der Waals surface area contributed by atoms with Crippen LogP contribution in [-0.2, 0) is 17.2 Å². The van der Waals surface area contributed by atoms with E-state index in [-0.39, 0.29) is 5.82 Å². The minimum Gasteiger partial charge on any atom is -0.339 e. The summed E-state index contributed by atoms with van der Waals surface area (Å²) in [5, 5.41) is 0.462. The van der Waals surface area contributed by atoms with Crippen LogP contribution in [-0.4, -0.2) is 26.4 Å². The van der Waals surface area contributed by atoms with E-state index in [0.717, 1.165) is 66.9 Å². The number of aromatic amines is 1. The standard InChI is InChI=1S/C27H27FN2OS/c28-22-11-9-20(10-12-22)26-18-25-24(8-1-2-15-29-27(25)30-26)21-7-3-5-19(17-21)6-4-16-32(31)23-13-14-23/h3,5,7-12,15,17-18,23,30H,1-2,4,6,13-14,16H2. The minimum absolute atomic E-state index is 0.241. The number of hydrogen-bond donors (Lipinski definition) is 1. The van der Waals surface area contributed by atoms with E-state index in [1.807, 2.05) is 6.21 Å². The number of allylic oxidation sites excluding steroid dienone is 1. The molecule has 164 valence electrons. The van der Waals surface area contributed by atoms with Gasteiger partial charge in [-0.1, -0.05) is 30.3 Å². The van der Waals surface area contributed by atoms with Crippen molar-refractivity contribution in [2.75, 3.05) is 5.75 Å². The highest BCUT2D eigenvalue weighted by Gasteiger charge is 2.27. The number of nitrogens with one attached hydrogen (secondary N) is 1. The fourth-order valence-corrected chi connectivity index (χ4v) is 5.61. The smallest absolute Gasteiger partial charge is 0.137 e. The van der Waals surface area contributed by atoms with Crippen molar-refractivity contribution < 1.29 is 8.60 Å². The molecule has 0 amide bonds. The Morgan fingerprint density at radius 1 is 1.03 bits per heavy atom. The van der Waals surface area contributed by atoms with Gasteiger partial charge in [0.15, 0.2) is 0 Å². The van der Waals surface area contributed by atoms with Crippen molar-refractivity contribution in [1.29, 1.82) is 0 Å². The van der Waals surface area contributed by atoms with Crippen molar-refractivity contribution in [2.45, 2.75) is 43.8 Å². The average molecular weight is 447 g/mol. The highest BCUT2D eigenvalue weighted by molar-refractivity contribution is 7.85. The zero-order valence-electron chi connectivity index (χ0n) is 18.0. The molecule has 1 atom stereocenters. The molecule has 5 rings (SSSR count). The quantitative estimate of drug-likeness (QED) is 0.437. The first-order chi connectivity index (χ1) is 15.7. The van der Waals surface area contributed by atoms with E-state index < -0.39 is 10.8 Å². The van der Waals surface area contributed by atoms with E-state index in [0.29, 0.717) is 5.25 Å². The number of benzene rings is 2. The predicted octanol–water partition coefficient (Wildman–Crippen LogP) is 6.59. The van der Waals surface area contributed by atoms with E-state index in [2.05, 4.69) is 46.4 Å². The van der Waals surface area contributed by atoms with Gasteiger partial charge in [0, 0.05) is 39.3 Å². The first kappa shape index (κ1) is 21.1. The summed E-state index contributed by atoms with van der Waals surface area (Å²) in [4.78, 5) is 8.09. The lowest BCUT2D eigenvalue weighted by Crippen LogP contribution is -2.04. The highest BCUT2D eigenvalue weighted by Crippen LogP contribution is 2.37. The third-order valence-electron chi connectivity index (χ3n) is 6.05. The number of aryl methyl sites for hydroxylation is 1. The molecule has 0 bridgehead atoms. The summed E-state index contributed by atoms with van der Waals surface area (Å²) in [6.45, 7) is 0. The largest absolute Gasteiger partial charge is 0.339 e. The van der Waals surface area contributed by atoms with Gasteiger partial charge in [-0.2, -0.15) is 0 Å². The molecule has 3 aromatic rings. The lowest BCUT2D eigenvalue weighted by atomic mass is 9.94. The summed E-state index contributed by atoms with van der Waals surface area (Å²) in [7, 11) is -0.650. The number of halogens is 1. The summed E-state index contributed by atoms with van der Waals surface area (Å²) in [5.41, 5.74) is 6.55. The van der Waals surface area contributed by atoms with Crippen molar-refractivity contribution in [3.05, 3.63) is 83.2 Å². The lowest BCUT2D eigenvalue weighted by Gasteiger charge is -2.11. The predicted molar refractivity (Wildman–Crippen MR) is 131 cm³/mol. The van der Waals surface area contributed by atoms with Gasteiger partial charge in [0.1, 0.15) is 11.6 Å². The molecule has 0 radical (unpaired) electrons. The van der Waals surface area contributed by atoms with Crippen LogP contribution < -0.4 is 0 Å². The van der Waals surface area contributed by atoms with Crippen LogP contribution in [0.5, 0.6) is 0 Å². The van der Waals surface area contributed by atoms with Gasteiger partial charge >= 0.3 is 0 Å². The molecule has 1 unspecified atom stereocenters. The average Bonchev–Trinajstić information content (AvgIpc) is 3.57. The fourth-order valence-electron chi connectivity index (χ4n) is 4.19. The van der Waals surface area contributed by atoms with Gasteiger partial charge in [0.2, 0.25) is 0 Å². The Labute approximate surface area is 191 Å². The van der Waals surface area contributed by atoms with Gasteiger partial charge in [-0.3, -0.25) is 4.21 Å². The Morgan fingerprint density at radius 2 is 1.88 bits per heavy atom. The van der Waals surface area contributed by atoms with Crippen LogP contribution in [0.15, 0.2) is 65.7 Å². The Kier molecular flexibility index (Phi) is 6.17. The van der Waals surface area contributed by atoms with Gasteiger partial charge < -0.3 is 4.98 Å². The van der Waals surface area contributed by atoms with Crippen molar-refractivity contribution >= 4 is 28.4 Å². The molecule has 2 aromatic carbocycles. The van der Waals surface area contributed by atoms with Crippen LogP contribution in [0.1, 0.15) is 48.8 Å². The van der Waals surface area contributed by atoms with E-state index in [1.165, 1.54) is 28.8 Å². The van der Waals surface area contributed by atoms with Crippen LogP contribution in [0, 0.1) is 5.82 Å². The Hall–Kier alpha value is -2.79. The summed E-state index contributed by atoms with van der Waals surface area (Å²) >= 11 is 0. The maximum Gasteiger partial charge on any atom is 0.137 e. The van der Waals surface area contributed by atoms with Crippen LogP contribution in [0.2, 0.25) is 0 Å². The van der Waals surface area contributed by atoms with Crippen molar-refractivity contribution in [2.24, 2.45) is 4.99 Å². The molecule has 1 N–H and O–H groups in total. The molecule has 1 aliphatic heterocycles. The van der Waals surface area contributed by atoms with Crippen molar-refractivity contribution in [3.63, 3.8) is 0 Å². The molecule has 5 heteroatoms. The lowest BCUT2D eigenvalue weighted by molar-refractivity contribution is 0.628. The van der Waals surface area contributed by atoms with Gasteiger partial charge in [0.25, 0.3) is 0 Å². The molecule has 2 aliphatic rings. The molecule has 1 saturated carbocycles. The normalized spacial score (nSPS) is 16.7. The summed E-state index contributed by atoms with van der Waals surface area (Å²) in [6.07, 6.45) is 10.2. The SMILES string of the molecule is O=S(CCCc1cccc(C2=CCCC=Nc3[nH]c(-c4ccc(F)cc4)cc32)c1)C1CC1. The second kappa shape index (κ2) is 9.37. The van der Waals surface area contributed by atoms with Crippen molar-refractivity contribution in [3.8, 4) is 11.3 Å². The maximum atomic E-state index is 13.4. The Balaban J connectivity index is 1.41. The van der Waals surface area contributed by atoms with E-state index in [9.17, 15) is 8.60 Å². The van der Waals surface area contributed by atoms with Crippen LogP contribution in [0.4, 0.5) is 10.2 Å². The molecular weight excluding hydrogens is 419 g/mol. The summed E-state index contributed by atoms with van der Waals surface area (Å²) in [5.74, 6) is 1.39. The molecule has 1 fully saturated rings. The Morgan fingerprint density at radius 3 is 2.69 bits per heavy atom. The van der Waals surface area contributed by atoms with Gasteiger partial charge in [-0.05, 0) is 91.1 Å². The number of H-pyrrole nitrogens is 1. The van der Waals surface area contributed by atoms with E-state index in [4.69, 9.17) is 0 Å². The van der Waals surface area contributed by atoms with Crippen LogP contribution in [0.3, 0.4) is 0 Å². The zero-order chi connectivity index (χ0) is 21.9. The highest BCUT2D eigenvalue weighted by atomic mass is 32.2. The van der Waals surface area contributed by atoms with E-state index in [1.54, 1.807) is 12.1 Å². The molecule has 0 saturated heterocycles. The van der Waals surface area contributed by atoms with Gasteiger partial charge in [0.05, 0.1) is 0 Å². The number of hydrogen-bond acceptors (Lipinski definition) is 2. The molecule has 32 heavy (non-hydrogen) atoms. The first-order valence-electron chi connectivity index (χ1n) is 11.4. The monoisotopic (exact) mass is 446 g/mol. The fraction of sp³-hybridized carbons (Fsp3) is 0.296. The topological polar surface area (TPSA) is 45.2 Å². The van der Waals surface area contributed by atoms with Gasteiger partial charge in [-0.15, -0.1) is 0 Å². The second-order valence-corrected chi connectivity index (χ2v) is 10.4. The third kappa shape index (κ3) is 4.83. The second-order valence-electron chi connectivity index (χ2n) is 8.55. The number of aliphatic imine (C=N–C) groups is 1. The number of rotatable bonds is 7. The summed E-state index contributed by atoms with van der Waals surface area (Å²) < 4.78 is 25.5. The number of fused-ring (bicyclic) bond motifs is 1. The zero-order valence-corrected chi connectivity index (χ0v) is 18.8. The summed E-state index contributed by atoms with van der Waals surface area (Å²) in [6, 6.07) is 17.3. The molecule has 3 nitrogen and oxygen atoms in total. The third-order valence-corrected chi connectivity index (χ3v) is 7.96. The molecular formula is C27H27FN2OS. The van der Waals surface area contributed by atoms with Gasteiger partial charge in [-0.25, -0.2) is 9.38 Å². The number of aromatic nitrogens is 1. The van der Waals surface area contributed by atoms with E-state index >= 15 is 0 Å².